The van der Waals surface area contributed by atoms with Gasteiger partial charge in [-0.1, -0.05) is 27.0 Å². The third kappa shape index (κ3) is 4.30. The van der Waals surface area contributed by atoms with Crippen molar-refractivity contribution >= 4 is 8.32 Å². The summed E-state index contributed by atoms with van der Waals surface area (Å²) in [6.45, 7) is 14.7. The van der Waals surface area contributed by atoms with Crippen LogP contribution in [0.1, 0.15) is 20.8 Å². The van der Waals surface area contributed by atoms with Crippen molar-refractivity contribution in [2.75, 3.05) is 0 Å². The van der Waals surface area contributed by atoms with Crippen LogP contribution >= 0.6 is 0 Å². The first-order chi connectivity index (χ1) is 4.81. The molecule has 0 radical (unpaired) electrons. The Morgan fingerprint density at radius 3 is 1.92 bits per heavy atom. The van der Waals surface area contributed by atoms with E-state index in [9.17, 15) is 0 Å². The molecule has 0 heterocycles. The maximum absolute atomic E-state index is 5.64. The predicted molar refractivity (Wildman–Crippen MR) is 52.8 cm³/mol. The molecule has 0 aliphatic carbocycles. The monoisotopic (exact) mass is 178 g/mol. The summed E-state index contributed by atoms with van der Waals surface area (Å²) < 4.78 is 5.64. The topological polar surface area (TPSA) is 9.23 Å². The molecule has 0 aliphatic heterocycles. The normalized spacial score (nSPS) is 12.8. The van der Waals surface area contributed by atoms with Crippen molar-refractivity contribution in [2.45, 2.75) is 38.9 Å². The van der Waals surface area contributed by atoms with Gasteiger partial charge in [-0.15, -0.1) is 0 Å². The van der Waals surface area contributed by atoms with E-state index in [0.29, 0.717) is 0 Å². The minimum atomic E-state index is -1.55. The van der Waals surface area contributed by atoms with Crippen molar-refractivity contribution in [3.05, 3.63) is 19.3 Å². The smallest absolute Gasteiger partial charge is 0.637 e. The van der Waals surface area contributed by atoms with Gasteiger partial charge in [0.05, 0.1) is 0 Å². The van der Waals surface area contributed by atoms with Crippen LogP contribution in [-0.4, -0.2) is 8.32 Å². The van der Waals surface area contributed by atoms with Gasteiger partial charge in [0.2, 0.25) is 8.32 Å². The standard InChI is InChI=1S/C9H19OSi.Li/c1-7-8-10-11(5,6)9(2,3)4;/h7-8H,1H2,2-6H3;/q-1;+1/b8-7-;. The third-order valence-electron chi connectivity index (χ3n) is 2.27. The summed E-state index contributed by atoms with van der Waals surface area (Å²) in [4.78, 5) is 0. The van der Waals surface area contributed by atoms with E-state index in [-0.39, 0.29) is 23.9 Å². The maximum Gasteiger partial charge on any atom is 1.00 e. The second-order valence-electron chi connectivity index (χ2n) is 4.25. The Hall–Kier alpha value is 0.224. The van der Waals surface area contributed by atoms with Gasteiger partial charge in [-0.3, -0.25) is 0 Å². The second-order valence-corrected chi connectivity index (χ2v) is 9.01. The molecule has 0 bridgehead atoms. The van der Waals surface area contributed by atoms with E-state index in [2.05, 4.69) is 40.8 Å². The molecule has 3 heteroatoms. The molecule has 0 saturated carbocycles. The van der Waals surface area contributed by atoms with Crippen LogP contribution in [0.2, 0.25) is 18.1 Å². The van der Waals surface area contributed by atoms with E-state index in [1.54, 1.807) is 12.3 Å². The van der Waals surface area contributed by atoms with Gasteiger partial charge in [0.25, 0.3) is 0 Å². The first kappa shape index (κ1) is 14.7. The van der Waals surface area contributed by atoms with Gasteiger partial charge in [0, 0.05) is 0 Å². The molecule has 0 aliphatic rings. The van der Waals surface area contributed by atoms with Crippen molar-refractivity contribution in [1.82, 2.24) is 0 Å². The zero-order valence-corrected chi connectivity index (χ0v) is 10.3. The Morgan fingerprint density at radius 1 is 1.25 bits per heavy atom. The summed E-state index contributed by atoms with van der Waals surface area (Å²) in [6, 6.07) is 0. The number of allylic oxidation sites excluding steroid dienone is 1. The average molecular weight is 178 g/mol. The van der Waals surface area contributed by atoms with Gasteiger partial charge < -0.3 is 4.43 Å². The molecule has 0 N–H and O–H groups in total. The Bertz CT molecular complexity index is 147. The molecule has 0 saturated heterocycles. The van der Waals surface area contributed by atoms with Crippen LogP contribution < -0.4 is 18.9 Å². The minimum Gasteiger partial charge on any atom is -0.637 e. The van der Waals surface area contributed by atoms with Gasteiger partial charge in [-0.2, -0.15) is 6.08 Å². The summed E-state index contributed by atoms with van der Waals surface area (Å²) in [5.74, 6) is 0. The van der Waals surface area contributed by atoms with Crippen LogP contribution in [0.25, 0.3) is 0 Å². The molecule has 0 fully saturated rings. The van der Waals surface area contributed by atoms with E-state index in [1.807, 2.05) is 0 Å². The first-order valence-electron chi connectivity index (χ1n) is 3.93. The molecule has 66 valence electrons. The summed E-state index contributed by atoms with van der Waals surface area (Å²) in [7, 11) is -1.55. The molecule has 12 heavy (non-hydrogen) atoms. The zero-order chi connectivity index (χ0) is 9.12. The quantitative estimate of drug-likeness (QED) is 0.337. The molecule has 0 unspecified atom stereocenters. The van der Waals surface area contributed by atoms with Gasteiger partial charge in [0.15, 0.2) is 0 Å². The molecule has 0 atom stereocenters. The fourth-order valence-electron chi connectivity index (χ4n) is 0.395. The molecule has 0 rings (SSSR count). The van der Waals surface area contributed by atoms with Crippen LogP contribution in [0.4, 0.5) is 0 Å². The molecule has 0 aromatic rings. The van der Waals surface area contributed by atoms with Crippen LogP contribution in [0.3, 0.4) is 0 Å². The minimum absolute atomic E-state index is 0. The molecule has 0 aromatic heterocycles. The van der Waals surface area contributed by atoms with Crippen molar-refractivity contribution in [3.63, 3.8) is 0 Å². The van der Waals surface area contributed by atoms with E-state index < -0.39 is 8.32 Å². The largest absolute Gasteiger partial charge is 1.00 e. The molecular formula is C9H19LiOSi. The molecule has 1 nitrogen and oxygen atoms in total. The SMILES string of the molecule is [CH2-]/C=C\O[Si](C)(C)C(C)(C)C.[Li+]. The molecule has 0 spiro atoms. The average Bonchev–Trinajstić information content (AvgIpc) is 1.81. The Kier molecular flexibility index (Phi) is 6.22. The summed E-state index contributed by atoms with van der Waals surface area (Å²) >= 11 is 0. The van der Waals surface area contributed by atoms with Gasteiger partial charge >= 0.3 is 18.9 Å². The summed E-state index contributed by atoms with van der Waals surface area (Å²) in [5, 5.41) is 0.284. The van der Waals surface area contributed by atoms with E-state index >= 15 is 0 Å². The third-order valence-corrected chi connectivity index (χ3v) is 6.60. The van der Waals surface area contributed by atoms with Crippen molar-refractivity contribution in [3.8, 4) is 0 Å². The van der Waals surface area contributed by atoms with Gasteiger partial charge in [-0.05, 0) is 18.1 Å². The Balaban J connectivity index is 0. The van der Waals surface area contributed by atoms with E-state index in [4.69, 9.17) is 4.43 Å². The molecular weight excluding hydrogens is 159 g/mol. The fraction of sp³-hybridized carbons (Fsp3) is 0.667. The number of hydrogen-bond acceptors (Lipinski definition) is 1. The molecule has 0 amide bonds. The maximum atomic E-state index is 5.64. The van der Waals surface area contributed by atoms with Crippen LogP contribution in [0.5, 0.6) is 0 Å². The zero-order valence-electron chi connectivity index (χ0n) is 9.27. The Morgan fingerprint density at radius 2 is 1.67 bits per heavy atom. The fourth-order valence-corrected chi connectivity index (χ4v) is 1.18. The van der Waals surface area contributed by atoms with Gasteiger partial charge in [0.1, 0.15) is 0 Å². The van der Waals surface area contributed by atoms with Crippen LogP contribution in [0, 0.1) is 6.92 Å². The van der Waals surface area contributed by atoms with Crippen LogP contribution in [0.15, 0.2) is 12.3 Å². The van der Waals surface area contributed by atoms with E-state index in [0.717, 1.165) is 0 Å². The first-order valence-corrected chi connectivity index (χ1v) is 6.84. The van der Waals surface area contributed by atoms with Crippen molar-refractivity contribution in [1.29, 1.82) is 0 Å². The van der Waals surface area contributed by atoms with Gasteiger partial charge in [-0.25, -0.2) is 6.92 Å². The number of rotatable bonds is 2. The Labute approximate surface area is 89.9 Å². The van der Waals surface area contributed by atoms with E-state index in [1.165, 1.54) is 0 Å². The second kappa shape index (κ2) is 5.06. The summed E-state index contributed by atoms with van der Waals surface area (Å²) in [5.41, 5.74) is 0. The van der Waals surface area contributed by atoms with Crippen molar-refractivity contribution in [2.24, 2.45) is 0 Å². The number of hydrogen-bond donors (Lipinski definition) is 0. The predicted octanol–water partition coefficient (Wildman–Crippen LogP) is 0.360. The van der Waals surface area contributed by atoms with Crippen molar-refractivity contribution < 1.29 is 23.3 Å². The summed E-state index contributed by atoms with van der Waals surface area (Å²) in [6.07, 6.45) is 3.40. The molecule has 0 aromatic carbocycles. The van der Waals surface area contributed by atoms with Crippen LogP contribution in [-0.2, 0) is 4.43 Å².